The molecule has 0 bridgehead atoms. The Morgan fingerprint density at radius 2 is 2.06 bits per heavy atom. The molecule has 170 valence electrons. The molecule has 4 rings (SSSR count). The van der Waals surface area contributed by atoms with Crippen LogP contribution in [-0.2, 0) is 4.74 Å². The molecule has 2 aromatic heterocycles. The molecule has 1 amide bonds. The topological polar surface area (TPSA) is 109 Å². The first-order valence-corrected chi connectivity index (χ1v) is 11.2. The van der Waals surface area contributed by atoms with Gasteiger partial charge in [-0.3, -0.25) is 0 Å². The maximum atomic E-state index is 12.6. The number of amides is 1. The summed E-state index contributed by atoms with van der Waals surface area (Å²) >= 11 is 0. The highest BCUT2D eigenvalue weighted by Crippen LogP contribution is 2.42. The van der Waals surface area contributed by atoms with Crippen LogP contribution >= 0.6 is 0 Å². The van der Waals surface area contributed by atoms with Gasteiger partial charge in [0.05, 0.1) is 0 Å². The van der Waals surface area contributed by atoms with Gasteiger partial charge < -0.3 is 30.3 Å². The summed E-state index contributed by atoms with van der Waals surface area (Å²) in [5.41, 5.74) is 2.97. The molecule has 2 aliphatic rings. The van der Waals surface area contributed by atoms with E-state index < -0.39 is 5.60 Å². The number of H-pyrrole nitrogens is 1. The zero-order valence-corrected chi connectivity index (χ0v) is 19.1. The summed E-state index contributed by atoms with van der Waals surface area (Å²) in [5.74, 6) is 0. The van der Waals surface area contributed by atoms with Crippen molar-refractivity contribution < 1.29 is 9.53 Å². The lowest BCUT2D eigenvalue weighted by atomic mass is 9.79. The van der Waals surface area contributed by atoms with Gasteiger partial charge in [0.1, 0.15) is 11.2 Å². The SMILES string of the molecule is CC(C)(C)OC(=O)N1CCC2(CCCN(c3ccnc4[nH]cc(/C(C=N)=C/C=N)c34)C2)C1. The van der Waals surface area contributed by atoms with E-state index in [1.165, 1.54) is 12.4 Å². The van der Waals surface area contributed by atoms with Crippen molar-refractivity contribution in [2.75, 3.05) is 31.1 Å². The molecule has 0 aromatic carbocycles. The number of pyridine rings is 1. The first kappa shape index (κ1) is 22.0. The Labute approximate surface area is 188 Å². The van der Waals surface area contributed by atoms with Gasteiger partial charge >= 0.3 is 6.09 Å². The molecular formula is C24H32N6O2. The summed E-state index contributed by atoms with van der Waals surface area (Å²) < 4.78 is 5.61. The molecule has 3 N–H and O–H groups in total. The highest BCUT2D eigenvalue weighted by Gasteiger charge is 2.44. The standard InChI is InChI=1S/C24H32N6O2/c1-23(2,3)32-22(31)30-12-8-24(16-30)7-4-11-29(15-24)19-6-10-27-21-20(19)18(14-28-21)17(13-26)5-9-25/h5-6,9-10,13-14,25-26H,4,7-8,11-12,15-16H2,1-3H3,(H,27,28)/b17-5+,25-9?,26-13?. The maximum Gasteiger partial charge on any atom is 0.410 e. The highest BCUT2D eigenvalue weighted by atomic mass is 16.6. The fraction of sp³-hybridized carbons (Fsp3) is 0.500. The number of nitrogens with one attached hydrogen (secondary N) is 3. The van der Waals surface area contributed by atoms with E-state index in [-0.39, 0.29) is 11.5 Å². The molecule has 8 heteroatoms. The van der Waals surface area contributed by atoms with Crippen molar-refractivity contribution in [1.29, 1.82) is 10.8 Å². The van der Waals surface area contributed by atoms with Gasteiger partial charge in [0.15, 0.2) is 0 Å². The van der Waals surface area contributed by atoms with Gasteiger partial charge in [0, 0.05) is 78.6 Å². The predicted molar refractivity (Wildman–Crippen MR) is 128 cm³/mol. The van der Waals surface area contributed by atoms with Crippen LogP contribution < -0.4 is 4.90 Å². The molecule has 1 unspecified atom stereocenters. The first-order valence-electron chi connectivity index (χ1n) is 11.2. The van der Waals surface area contributed by atoms with Crippen LogP contribution in [0.15, 0.2) is 24.5 Å². The monoisotopic (exact) mass is 436 g/mol. The third kappa shape index (κ3) is 4.26. The second-order valence-corrected chi connectivity index (χ2v) is 9.87. The number of rotatable bonds is 4. The lowest BCUT2D eigenvalue weighted by molar-refractivity contribution is 0.0269. The van der Waals surface area contributed by atoms with E-state index in [0.29, 0.717) is 12.1 Å². The molecule has 32 heavy (non-hydrogen) atoms. The second-order valence-electron chi connectivity index (χ2n) is 9.87. The van der Waals surface area contributed by atoms with Crippen LogP contribution in [0.3, 0.4) is 0 Å². The zero-order chi connectivity index (χ0) is 22.9. The molecule has 4 heterocycles. The van der Waals surface area contributed by atoms with Crippen LogP contribution in [0.25, 0.3) is 16.6 Å². The molecule has 2 aromatic rings. The Hall–Kier alpha value is -3.16. The number of nitrogens with zero attached hydrogens (tertiary/aromatic N) is 3. The summed E-state index contributed by atoms with van der Waals surface area (Å²) in [6.07, 6.45) is 10.7. The smallest absolute Gasteiger partial charge is 0.410 e. The number of carbonyl (C=O) groups excluding carboxylic acids is 1. The third-order valence-corrected chi connectivity index (χ3v) is 6.37. The van der Waals surface area contributed by atoms with Crippen LogP contribution in [0.2, 0.25) is 0 Å². The van der Waals surface area contributed by atoms with Crippen molar-refractivity contribution in [3.05, 3.63) is 30.1 Å². The summed E-state index contributed by atoms with van der Waals surface area (Å²) in [6.45, 7) is 8.94. The predicted octanol–water partition coefficient (Wildman–Crippen LogP) is 4.47. The van der Waals surface area contributed by atoms with E-state index in [1.54, 1.807) is 6.08 Å². The van der Waals surface area contributed by atoms with E-state index in [9.17, 15) is 4.79 Å². The lowest BCUT2D eigenvalue weighted by Gasteiger charge is -2.42. The van der Waals surface area contributed by atoms with Gasteiger partial charge in [-0.1, -0.05) is 0 Å². The van der Waals surface area contributed by atoms with Gasteiger partial charge in [-0.25, -0.2) is 9.78 Å². The summed E-state index contributed by atoms with van der Waals surface area (Å²) in [4.78, 5) is 24.6. The second kappa shape index (κ2) is 8.41. The number of aromatic amines is 1. The number of hydrogen-bond donors (Lipinski definition) is 3. The quantitative estimate of drug-likeness (QED) is 0.614. The molecule has 1 spiro atoms. The summed E-state index contributed by atoms with van der Waals surface area (Å²) in [6, 6.07) is 2.03. The number of likely N-dealkylation sites (tertiary alicyclic amines) is 1. The highest BCUT2D eigenvalue weighted by molar-refractivity contribution is 6.18. The average Bonchev–Trinajstić information content (AvgIpc) is 3.35. The normalized spacial score (nSPS) is 21.9. The Morgan fingerprint density at radius 3 is 2.78 bits per heavy atom. The van der Waals surface area contributed by atoms with E-state index in [2.05, 4.69) is 14.9 Å². The number of carbonyl (C=O) groups is 1. The largest absolute Gasteiger partial charge is 0.444 e. The number of anilines is 1. The van der Waals surface area contributed by atoms with Crippen molar-refractivity contribution >= 4 is 40.8 Å². The first-order chi connectivity index (χ1) is 15.3. The average molecular weight is 437 g/mol. The van der Waals surface area contributed by atoms with E-state index in [0.717, 1.165) is 61.2 Å². The Bertz CT molecular complexity index is 1070. The van der Waals surface area contributed by atoms with Crippen molar-refractivity contribution in [2.24, 2.45) is 5.41 Å². The molecule has 8 nitrogen and oxygen atoms in total. The van der Waals surface area contributed by atoms with Crippen LogP contribution in [0.4, 0.5) is 10.5 Å². The number of piperidine rings is 1. The molecule has 0 saturated carbocycles. The Morgan fingerprint density at radius 1 is 1.25 bits per heavy atom. The van der Waals surface area contributed by atoms with Gasteiger partial charge in [-0.05, 0) is 52.2 Å². The molecule has 1 atom stereocenters. The number of allylic oxidation sites excluding steroid dienone is 2. The molecular weight excluding hydrogens is 404 g/mol. The molecule has 2 aliphatic heterocycles. The zero-order valence-electron chi connectivity index (χ0n) is 19.1. The van der Waals surface area contributed by atoms with Crippen molar-refractivity contribution in [3.8, 4) is 0 Å². The Balaban J connectivity index is 1.61. The van der Waals surface area contributed by atoms with E-state index >= 15 is 0 Å². The van der Waals surface area contributed by atoms with Gasteiger partial charge in [-0.2, -0.15) is 0 Å². The number of fused-ring (bicyclic) bond motifs is 1. The van der Waals surface area contributed by atoms with Crippen molar-refractivity contribution in [2.45, 2.75) is 45.6 Å². The summed E-state index contributed by atoms with van der Waals surface area (Å²) in [7, 11) is 0. The molecule has 0 radical (unpaired) electrons. The van der Waals surface area contributed by atoms with Crippen LogP contribution in [0.5, 0.6) is 0 Å². The van der Waals surface area contributed by atoms with Crippen molar-refractivity contribution in [1.82, 2.24) is 14.9 Å². The molecule has 2 saturated heterocycles. The van der Waals surface area contributed by atoms with Crippen LogP contribution in [-0.4, -0.2) is 65.2 Å². The van der Waals surface area contributed by atoms with Crippen molar-refractivity contribution in [3.63, 3.8) is 0 Å². The maximum absolute atomic E-state index is 12.6. The van der Waals surface area contributed by atoms with Crippen LogP contribution in [0, 0.1) is 16.2 Å². The van der Waals surface area contributed by atoms with Gasteiger partial charge in [-0.15, -0.1) is 0 Å². The fourth-order valence-electron chi connectivity index (χ4n) is 5.00. The third-order valence-electron chi connectivity index (χ3n) is 6.37. The van der Waals surface area contributed by atoms with Gasteiger partial charge in [0.25, 0.3) is 0 Å². The lowest BCUT2D eigenvalue weighted by Crippen LogP contribution is -2.46. The molecule has 0 aliphatic carbocycles. The minimum Gasteiger partial charge on any atom is -0.444 e. The molecule has 2 fully saturated rings. The van der Waals surface area contributed by atoms with E-state index in [4.69, 9.17) is 15.6 Å². The number of hydrogen-bond acceptors (Lipinski definition) is 6. The minimum absolute atomic E-state index is 0.0520. The van der Waals surface area contributed by atoms with E-state index in [1.807, 2.05) is 44.1 Å². The Kier molecular flexibility index (Phi) is 5.79. The minimum atomic E-state index is -0.491. The summed E-state index contributed by atoms with van der Waals surface area (Å²) in [5, 5.41) is 16.2. The van der Waals surface area contributed by atoms with Crippen LogP contribution in [0.1, 0.15) is 45.6 Å². The number of ether oxygens (including phenoxy) is 1. The fourth-order valence-corrected chi connectivity index (χ4v) is 5.00. The van der Waals surface area contributed by atoms with Gasteiger partial charge in [0.2, 0.25) is 0 Å². The number of aromatic nitrogens is 2.